The Hall–Kier alpha value is -1.55. The number of para-hydroxylation sites is 1. The van der Waals surface area contributed by atoms with Gasteiger partial charge in [-0.15, -0.1) is 0 Å². The average Bonchev–Trinajstić information content (AvgIpc) is 2.33. The number of phenolic OH excluding ortho intramolecular Hbond substituents is 1. The maximum atomic E-state index is 12.2. The third-order valence-electron chi connectivity index (χ3n) is 4.25. The highest BCUT2D eigenvalue weighted by atomic mass is 16.3. The zero-order valence-electron chi connectivity index (χ0n) is 13.0. The van der Waals surface area contributed by atoms with Gasteiger partial charge in [0.05, 0.1) is 11.7 Å². The predicted octanol–water partition coefficient (Wildman–Crippen LogP) is 2.70. The summed E-state index contributed by atoms with van der Waals surface area (Å²) in [5.74, 6) is -0.281. The lowest BCUT2D eigenvalue weighted by Crippen LogP contribution is -2.45. The molecular weight excluding hydrogens is 266 g/mol. The van der Waals surface area contributed by atoms with E-state index < -0.39 is 0 Å². The molecule has 4 heteroatoms. The summed E-state index contributed by atoms with van der Waals surface area (Å²) in [7, 11) is 0. The van der Waals surface area contributed by atoms with Crippen LogP contribution in [0.25, 0.3) is 0 Å². The van der Waals surface area contributed by atoms with E-state index in [0.717, 1.165) is 12.8 Å². The fourth-order valence-corrected chi connectivity index (χ4v) is 3.77. The first-order valence-electron chi connectivity index (χ1n) is 7.45. The van der Waals surface area contributed by atoms with Gasteiger partial charge in [-0.05, 0) is 42.2 Å². The molecule has 116 valence electrons. The minimum atomic E-state index is -0.319. The fraction of sp³-hybridized carbons (Fsp3) is 0.588. The first-order valence-corrected chi connectivity index (χ1v) is 7.45. The first kappa shape index (κ1) is 15.8. The number of hydrogen-bond acceptors (Lipinski definition) is 3. The Morgan fingerprint density at radius 1 is 1.29 bits per heavy atom. The van der Waals surface area contributed by atoms with E-state index in [0.29, 0.717) is 13.0 Å². The second kappa shape index (κ2) is 5.68. The maximum Gasteiger partial charge on any atom is 0.255 e. The second-order valence-corrected chi connectivity index (χ2v) is 7.41. The quantitative estimate of drug-likeness (QED) is 0.802. The Balaban J connectivity index is 2.02. The molecule has 0 bridgehead atoms. The Kier molecular flexibility index (Phi) is 4.28. The van der Waals surface area contributed by atoms with Crippen molar-refractivity contribution in [1.82, 2.24) is 5.32 Å². The lowest BCUT2D eigenvalue weighted by atomic mass is 9.63. The summed E-state index contributed by atoms with van der Waals surface area (Å²) in [6.45, 7) is 6.90. The van der Waals surface area contributed by atoms with Gasteiger partial charge in [-0.25, -0.2) is 0 Å². The summed E-state index contributed by atoms with van der Waals surface area (Å²) in [5.41, 5.74) is 0.240. The average molecular weight is 291 g/mol. The summed E-state index contributed by atoms with van der Waals surface area (Å²) in [5, 5.41) is 22.7. The van der Waals surface area contributed by atoms with Crippen molar-refractivity contribution in [2.24, 2.45) is 10.8 Å². The molecule has 1 aromatic rings. The molecule has 2 rings (SSSR count). The highest BCUT2D eigenvalue weighted by Crippen LogP contribution is 2.45. The number of aromatic hydroxyl groups is 1. The van der Waals surface area contributed by atoms with Crippen molar-refractivity contribution >= 4 is 5.91 Å². The predicted molar refractivity (Wildman–Crippen MR) is 82.2 cm³/mol. The van der Waals surface area contributed by atoms with Crippen LogP contribution in [-0.2, 0) is 0 Å². The van der Waals surface area contributed by atoms with Crippen molar-refractivity contribution in [3.63, 3.8) is 0 Å². The van der Waals surface area contributed by atoms with Crippen LogP contribution < -0.4 is 5.32 Å². The number of carbonyl (C=O) groups excluding carboxylic acids is 1. The van der Waals surface area contributed by atoms with Crippen LogP contribution in [-0.4, -0.2) is 28.8 Å². The van der Waals surface area contributed by atoms with Crippen molar-refractivity contribution in [1.29, 1.82) is 0 Å². The molecule has 4 nitrogen and oxygen atoms in total. The topological polar surface area (TPSA) is 69.6 Å². The third-order valence-corrected chi connectivity index (χ3v) is 4.25. The van der Waals surface area contributed by atoms with E-state index in [-0.39, 0.29) is 34.2 Å². The molecule has 1 amide bonds. The molecule has 1 saturated carbocycles. The van der Waals surface area contributed by atoms with Gasteiger partial charge < -0.3 is 15.5 Å². The molecule has 0 aromatic heterocycles. The highest BCUT2D eigenvalue weighted by Gasteiger charge is 2.40. The minimum absolute atomic E-state index is 0.0100. The molecule has 1 fully saturated rings. The molecule has 2 atom stereocenters. The monoisotopic (exact) mass is 291 g/mol. The Labute approximate surface area is 126 Å². The highest BCUT2D eigenvalue weighted by molar-refractivity contribution is 5.96. The van der Waals surface area contributed by atoms with Gasteiger partial charge in [0.2, 0.25) is 0 Å². The molecule has 1 aliphatic carbocycles. The maximum absolute atomic E-state index is 12.2. The SMILES string of the molecule is CC1(C)C[C@H](O)C[C@](C)(CNC(=O)c2ccccc2O)C1. The van der Waals surface area contributed by atoms with E-state index in [1.54, 1.807) is 18.2 Å². The van der Waals surface area contributed by atoms with Gasteiger partial charge in [0.1, 0.15) is 5.75 Å². The summed E-state index contributed by atoms with van der Waals surface area (Å²) >= 11 is 0. The number of amides is 1. The third kappa shape index (κ3) is 3.97. The largest absolute Gasteiger partial charge is 0.507 e. The number of nitrogens with one attached hydrogen (secondary N) is 1. The first-order chi connectivity index (χ1) is 9.71. The van der Waals surface area contributed by atoms with Crippen molar-refractivity contribution in [2.45, 2.75) is 46.1 Å². The number of aliphatic hydroxyl groups is 1. The van der Waals surface area contributed by atoms with Crippen LogP contribution in [0.5, 0.6) is 5.75 Å². The van der Waals surface area contributed by atoms with Gasteiger partial charge in [-0.1, -0.05) is 32.9 Å². The normalized spacial score (nSPS) is 28.1. The van der Waals surface area contributed by atoms with Crippen molar-refractivity contribution in [3.05, 3.63) is 29.8 Å². The summed E-state index contributed by atoms with van der Waals surface area (Å²) in [4.78, 5) is 12.2. The molecule has 0 aliphatic heterocycles. The fourth-order valence-electron chi connectivity index (χ4n) is 3.77. The van der Waals surface area contributed by atoms with Gasteiger partial charge in [-0.2, -0.15) is 0 Å². The van der Waals surface area contributed by atoms with Crippen LogP contribution in [0.1, 0.15) is 50.4 Å². The second-order valence-electron chi connectivity index (χ2n) is 7.41. The van der Waals surface area contributed by atoms with Crippen LogP contribution in [0.2, 0.25) is 0 Å². The molecular formula is C17H25NO3. The van der Waals surface area contributed by atoms with Crippen LogP contribution >= 0.6 is 0 Å². The molecule has 1 aliphatic rings. The molecule has 0 unspecified atom stereocenters. The number of rotatable bonds is 3. The number of phenols is 1. The van der Waals surface area contributed by atoms with Gasteiger partial charge in [0.25, 0.3) is 5.91 Å². The van der Waals surface area contributed by atoms with Crippen LogP contribution in [0.15, 0.2) is 24.3 Å². The van der Waals surface area contributed by atoms with Crippen LogP contribution in [0, 0.1) is 10.8 Å². The zero-order valence-corrected chi connectivity index (χ0v) is 13.0. The smallest absolute Gasteiger partial charge is 0.255 e. The lowest BCUT2D eigenvalue weighted by Gasteiger charge is -2.45. The molecule has 0 radical (unpaired) electrons. The molecule has 0 saturated heterocycles. The lowest BCUT2D eigenvalue weighted by molar-refractivity contribution is -0.00840. The Morgan fingerprint density at radius 2 is 1.95 bits per heavy atom. The van der Waals surface area contributed by atoms with E-state index in [9.17, 15) is 15.0 Å². The number of aliphatic hydroxyl groups excluding tert-OH is 1. The van der Waals surface area contributed by atoms with Crippen LogP contribution in [0.3, 0.4) is 0 Å². The summed E-state index contributed by atoms with van der Waals surface area (Å²) in [6, 6.07) is 6.52. The van der Waals surface area contributed by atoms with Gasteiger partial charge in [0, 0.05) is 6.54 Å². The number of hydrogen-bond donors (Lipinski definition) is 3. The Bertz CT molecular complexity index is 527. The van der Waals surface area contributed by atoms with E-state index in [2.05, 4.69) is 26.1 Å². The molecule has 21 heavy (non-hydrogen) atoms. The van der Waals surface area contributed by atoms with E-state index in [4.69, 9.17) is 0 Å². The van der Waals surface area contributed by atoms with Crippen molar-refractivity contribution < 1.29 is 15.0 Å². The molecule has 1 aromatic carbocycles. The molecule has 0 heterocycles. The standard InChI is InChI=1S/C17H25NO3/c1-16(2)8-12(19)9-17(3,10-16)11-18-15(21)13-6-4-5-7-14(13)20/h4-7,12,19-20H,8-11H2,1-3H3,(H,18,21)/t12-,17-/m0/s1. The van der Waals surface area contributed by atoms with Gasteiger partial charge in [0.15, 0.2) is 0 Å². The Morgan fingerprint density at radius 3 is 2.57 bits per heavy atom. The van der Waals surface area contributed by atoms with Crippen LogP contribution in [0.4, 0.5) is 0 Å². The minimum Gasteiger partial charge on any atom is -0.507 e. The molecule has 3 N–H and O–H groups in total. The van der Waals surface area contributed by atoms with Gasteiger partial charge in [-0.3, -0.25) is 4.79 Å². The van der Waals surface area contributed by atoms with Crippen molar-refractivity contribution in [3.8, 4) is 5.75 Å². The van der Waals surface area contributed by atoms with E-state index >= 15 is 0 Å². The molecule has 0 spiro atoms. The summed E-state index contributed by atoms with van der Waals surface area (Å²) < 4.78 is 0. The van der Waals surface area contributed by atoms with E-state index in [1.165, 1.54) is 6.07 Å². The zero-order chi connectivity index (χ0) is 15.7. The number of benzene rings is 1. The van der Waals surface area contributed by atoms with Gasteiger partial charge >= 0.3 is 0 Å². The summed E-state index contributed by atoms with van der Waals surface area (Å²) in [6.07, 6.45) is 2.13. The number of carbonyl (C=O) groups is 1. The van der Waals surface area contributed by atoms with E-state index in [1.807, 2.05) is 0 Å². The van der Waals surface area contributed by atoms with Crippen molar-refractivity contribution in [2.75, 3.05) is 6.54 Å².